The molecule has 2 aromatic carbocycles. The van der Waals surface area contributed by atoms with Gasteiger partial charge in [-0.25, -0.2) is 18.2 Å². The molecule has 1 fully saturated rings. The highest BCUT2D eigenvalue weighted by Gasteiger charge is 2.20. The lowest BCUT2D eigenvalue weighted by Crippen LogP contribution is -2.48. The van der Waals surface area contributed by atoms with E-state index in [1.807, 2.05) is 13.0 Å². The molecule has 1 saturated heterocycles. The summed E-state index contributed by atoms with van der Waals surface area (Å²) in [6.07, 6.45) is 1.73. The van der Waals surface area contributed by atoms with Crippen LogP contribution < -0.4 is 10.6 Å². The van der Waals surface area contributed by atoms with Crippen LogP contribution >= 0.6 is 24.0 Å². The monoisotopic (exact) mass is 557 g/mol. The van der Waals surface area contributed by atoms with Gasteiger partial charge in [0, 0.05) is 37.8 Å². The third-order valence-corrected chi connectivity index (χ3v) is 5.25. The SMILES string of the molecule is CCNC(=NCc1cc(C#N)ccc1F)NC1CCN(Cc2ccc(F)c(F)c2)CC1.I. The first kappa shape index (κ1) is 25.9. The number of halogens is 4. The molecule has 0 spiro atoms. The second-order valence-corrected chi connectivity index (χ2v) is 7.56. The molecule has 0 saturated carbocycles. The minimum absolute atomic E-state index is 0. The summed E-state index contributed by atoms with van der Waals surface area (Å²) in [5.74, 6) is -1.44. The first-order chi connectivity index (χ1) is 15.0. The van der Waals surface area contributed by atoms with Gasteiger partial charge in [0.1, 0.15) is 5.82 Å². The van der Waals surface area contributed by atoms with Crippen molar-refractivity contribution in [3.8, 4) is 6.07 Å². The Hall–Kier alpha value is -2.32. The molecule has 1 heterocycles. The Morgan fingerprint density at radius 2 is 1.81 bits per heavy atom. The van der Waals surface area contributed by atoms with Gasteiger partial charge in [-0.3, -0.25) is 4.90 Å². The molecule has 0 bridgehead atoms. The molecule has 5 nitrogen and oxygen atoms in total. The highest BCUT2D eigenvalue weighted by Crippen LogP contribution is 2.16. The van der Waals surface area contributed by atoms with Crippen molar-refractivity contribution >= 4 is 29.9 Å². The zero-order valence-electron chi connectivity index (χ0n) is 17.9. The Morgan fingerprint density at radius 3 is 2.47 bits per heavy atom. The van der Waals surface area contributed by atoms with E-state index in [1.165, 1.54) is 24.3 Å². The number of hydrogen-bond acceptors (Lipinski definition) is 3. The molecule has 9 heteroatoms. The summed E-state index contributed by atoms with van der Waals surface area (Å²) >= 11 is 0. The maximum absolute atomic E-state index is 14.0. The fraction of sp³-hybridized carbons (Fsp3) is 0.391. The average Bonchev–Trinajstić information content (AvgIpc) is 2.77. The molecular formula is C23H27F3IN5. The van der Waals surface area contributed by atoms with E-state index >= 15 is 0 Å². The minimum atomic E-state index is -0.832. The summed E-state index contributed by atoms with van der Waals surface area (Å²) in [6, 6.07) is 10.5. The summed E-state index contributed by atoms with van der Waals surface area (Å²) in [5.41, 5.74) is 1.53. The fourth-order valence-electron chi connectivity index (χ4n) is 3.57. The number of aliphatic imine (C=N–C) groups is 1. The van der Waals surface area contributed by atoms with E-state index in [0.717, 1.165) is 37.6 Å². The number of hydrogen-bond donors (Lipinski definition) is 2. The Kier molecular flexibility index (Phi) is 10.3. The van der Waals surface area contributed by atoms with Crippen LogP contribution in [0.15, 0.2) is 41.4 Å². The van der Waals surface area contributed by atoms with Gasteiger partial charge >= 0.3 is 0 Å². The third-order valence-electron chi connectivity index (χ3n) is 5.25. The summed E-state index contributed by atoms with van der Waals surface area (Å²) in [4.78, 5) is 6.68. The molecule has 0 atom stereocenters. The molecule has 1 aliphatic heterocycles. The molecule has 0 unspecified atom stereocenters. The molecule has 2 N–H and O–H groups in total. The number of nitrogens with one attached hydrogen (secondary N) is 2. The maximum Gasteiger partial charge on any atom is 0.191 e. The number of benzene rings is 2. The van der Waals surface area contributed by atoms with E-state index in [2.05, 4.69) is 20.5 Å². The average molecular weight is 557 g/mol. The van der Waals surface area contributed by atoms with Crippen molar-refractivity contribution in [3.05, 3.63) is 70.5 Å². The Morgan fingerprint density at radius 1 is 1.09 bits per heavy atom. The van der Waals surface area contributed by atoms with Crippen LogP contribution in [0.5, 0.6) is 0 Å². The van der Waals surface area contributed by atoms with Crippen molar-refractivity contribution < 1.29 is 13.2 Å². The topological polar surface area (TPSA) is 63.5 Å². The van der Waals surface area contributed by atoms with E-state index in [9.17, 15) is 13.2 Å². The Labute approximate surface area is 203 Å². The Bertz CT molecular complexity index is 969. The predicted molar refractivity (Wildman–Crippen MR) is 129 cm³/mol. The zero-order chi connectivity index (χ0) is 22.2. The number of nitriles is 1. The van der Waals surface area contributed by atoms with Crippen molar-refractivity contribution in [1.29, 1.82) is 5.26 Å². The van der Waals surface area contributed by atoms with Crippen molar-refractivity contribution in [3.63, 3.8) is 0 Å². The first-order valence-corrected chi connectivity index (χ1v) is 10.4. The molecule has 0 aliphatic carbocycles. The summed E-state index contributed by atoms with van der Waals surface area (Å²) in [5, 5.41) is 15.6. The summed E-state index contributed by atoms with van der Waals surface area (Å²) < 4.78 is 40.5. The molecule has 32 heavy (non-hydrogen) atoms. The number of likely N-dealkylation sites (tertiary alicyclic amines) is 1. The van der Waals surface area contributed by atoms with Crippen LogP contribution in [0.25, 0.3) is 0 Å². The second kappa shape index (κ2) is 12.6. The van der Waals surface area contributed by atoms with Crippen molar-refractivity contribution in [2.75, 3.05) is 19.6 Å². The smallest absolute Gasteiger partial charge is 0.191 e. The number of rotatable bonds is 6. The molecule has 0 amide bonds. The second-order valence-electron chi connectivity index (χ2n) is 7.56. The minimum Gasteiger partial charge on any atom is -0.357 e. The highest BCUT2D eigenvalue weighted by molar-refractivity contribution is 14.0. The molecule has 3 rings (SSSR count). The molecule has 0 radical (unpaired) electrons. The van der Waals surface area contributed by atoms with E-state index in [0.29, 0.717) is 30.2 Å². The number of guanidine groups is 1. The number of nitrogens with zero attached hydrogens (tertiary/aromatic N) is 3. The zero-order valence-corrected chi connectivity index (χ0v) is 20.2. The lowest BCUT2D eigenvalue weighted by Gasteiger charge is -2.33. The van der Waals surface area contributed by atoms with Crippen LogP contribution in [0.2, 0.25) is 0 Å². The van der Waals surface area contributed by atoms with Crippen LogP contribution in [0.4, 0.5) is 13.2 Å². The summed E-state index contributed by atoms with van der Waals surface area (Å²) in [6.45, 7) is 4.96. The van der Waals surface area contributed by atoms with Crippen molar-refractivity contribution in [1.82, 2.24) is 15.5 Å². The lowest BCUT2D eigenvalue weighted by molar-refractivity contribution is 0.198. The largest absolute Gasteiger partial charge is 0.357 e. The quantitative estimate of drug-likeness (QED) is 0.316. The van der Waals surface area contributed by atoms with Gasteiger partial charge in [-0.15, -0.1) is 24.0 Å². The van der Waals surface area contributed by atoms with Gasteiger partial charge in [0.05, 0.1) is 18.2 Å². The van der Waals surface area contributed by atoms with E-state index in [-0.39, 0.29) is 42.4 Å². The fourth-order valence-corrected chi connectivity index (χ4v) is 3.57. The standard InChI is InChI=1S/C23H26F3N5.HI/c1-2-28-23(29-14-18-11-16(13-27)3-5-20(18)24)30-19-7-9-31(10-8-19)15-17-4-6-21(25)22(26)12-17;/h3-6,11-12,19H,2,7-10,14-15H2,1H3,(H2,28,29,30);1H. The van der Waals surface area contributed by atoms with Gasteiger partial charge in [0.15, 0.2) is 17.6 Å². The van der Waals surface area contributed by atoms with Crippen LogP contribution in [-0.4, -0.2) is 36.5 Å². The Balaban J connectivity index is 0.00000363. The van der Waals surface area contributed by atoms with E-state index in [4.69, 9.17) is 5.26 Å². The van der Waals surface area contributed by atoms with Gasteiger partial charge < -0.3 is 10.6 Å². The van der Waals surface area contributed by atoms with Crippen LogP contribution in [-0.2, 0) is 13.1 Å². The lowest BCUT2D eigenvalue weighted by atomic mass is 10.0. The van der Waals surface area contributed by atoms with Gasteiger partial charge in [-0.05, 0) is 55.7 Å². The maximum atomic E-state index is 14.0. The van der Waals surface area contributed by atoms with Crippen molar-refractivity contribution in [2.45, 2.75) is 38.9 Å². The van der Waals surface area contributed by atoms with Gasteiger partial charge in [0.2, 0.25) is 0 Å². The molecule has 2 aromatic rings. The van der Waals surface area contributed by atoms with Crippen molar-refractivity contribution in [2.24, 2.45) is 4.99 Å². The predicted octanol–water partition coefficient (Wildman–Crippen LogP) is 4.31. The van der Waals surface area contributed by atoms with E-state index in [1.54, 1.807) is 6.07 Å². The molecule has 1 aliphatic rings. The van der Waals surface area contributed by atoms with E-state index < -0.39 is 11.6 Å². The normalized spacial score (nSPS) is 15.0. The third kappa shape index (κ3) is 7.38. The van der Waals surface area contributed by atoms with Crippen LogP contribution in [0, 0.1) is 28.8 Å². The van der Waals surface area contributed by atoms with Crippen LogP contribution in [0.3, 0.4) is 0 Å². The molecular weight excluding hydrogens is 530 g/mol. The number of piperidine rings is 1. The molecule has 0 aromatic heterocycles. The first-order valence-electron chi connectivity index (χ1n) is 10.4. The van der Waals surface area contributed by atoms with Gasteiger partial charge in [-0.1, -0.05) is 6.07 Å². The van der Waals surface area contributed by atoms with Gasteiger partial charge in [0.25, 0.3) is 0 Å². The van der Waals surface area contributed by atoms with Crippen LogP contribution in [0.1, 0.15) is 36.5 Å². The summed E-state index contributed by atoms with van der Waals surface area (Å²) in [7, 11) is 0. The van der Waals surface area contributed by atoms with Gasteiger partial charge in [-0.2, -0.15) is 5.26 Å². The highest BCUT2D eigenvalue weighted by atomic mass is 127. The molecule has 172 valence electrons.